The van der Waals surface area contributed by atoms with Gasteiger partial charge in [0.1, 0.15) is 13.1 Å². The highest BCUT2D eigenvalue weighted by atomic mass is 19.4. The zero-order valence-electron chi connectivity index (χ0n) is 20.3. The number of amides is 2. The monoisotopic (exact) mass is 511 g/mol. The van der Waals surface area contributed by atoms with Gasteiger partial charge >= 0.3 is 6.18 Å². The van der Waals surface area contributed by atoms with Crippen LogP contribution in [0.25, 0.3) is 22.2 Å². The molecule has 0 unspecified atom stereocenters. The predicted octanol–water partition coefficient (Wildman–Crippen LogP) is 3.75. The van der Waals surface area contributed by atoms with E-state index in [9.17, 15) is 22.8 Å². The summed E-state index contributed by atoms with van der Waals surface area (Å²) in [5, 5.41) is 6.98. The van der Waals surface area contributed by atoms with Gasteiger partial charge in [-0.25, -0.2) is 0 Å². The lowest BCUT2D eigenvalue weighted by Crippen LogP contribution is -2.41. The zero-order chi connectivity index (χ0) is 26.7. The number of carbonyl (C=O) groups is 2. The van der Waals surface area contributed by atoms with Crippen LogP contribution < -0.4 is 15.1 Å². The Kier molecular flexibility index (Phi) is 7.09. The number of halogens is 3. The standard InChI is InChI=1S/C25H24F3N7O2/c1-16-5-4-6-21(35(15-36)13-23(37)31-14-25(26,27)28)24(16)33(2)17-7-8-20(30-9-17)18-10-29-12-22-19(18)11-32-34(22)3/h4-12,15H,13-14H2,1-3H3,(H,31,37). The number of carbonyl (C=O) groups excluding carboxylic acids is 2. The molecule has 0 radical (unpaired) electrons. The van der Waals surface area contributed by atoms with Gasteiger partial charge in [0, 0.05) is 31.2 Å². The highest BCUT2D eigenvalue weighted by molar-refractivity contribution is 5.95. The Morgan fingerprint density at radius 1 is 1.14 bits per heavy atom. The molecular formula is C25H24F3N7O2. The summed E-state index contributed by atoms with van der Waals surface area (Å²) in [7, 11) is 3.61. The quantitative estimate of drug-likeness (QED) is 0.362. The van der Waals surface area contributed by atoms with Crippen molar-refractivity contribution in [3.05, 3.63) is 60.7 Å². The maximum atomic E-state index is 12.5. The van der Waals surface area contributed by atoms with Gasteiger partial charge in [-0.2, -0.15) is 18.3 Å². The van der Waals surface area contributed by atoms with E-state index in [2.05, 4.69) is 15.1 Å². The SMILES string of the molecule is Cc1cccc(N(C=O)CC(=O)NCC(F)(F)F)c1N(C)c1ccc(-c2cncc3c2cnn3C)nc1. The van der Waals surface area contributed by atoms with Crippen molar-refractivity contribution in [2.45, 2.75) is 13.1 Å². The Morgan fingerprint density at radius 3 is 2.59 bits per heavy atom. The third-order valence-electron chi connectivity index (χ3n) is 5.87. The van der Waals surface area contributed by atoms with Gasteiger partial charge in [0.2, 0.25) is 12.3 Å². The van der Waals surface area contributed by atoms with Crippen molar-refractivity contribution in [1.29, 1.82) is 0 Å². The zero-order valence-corrected chi connectivity index (χ0v) is 20.3. The number of aryl methyl sites for hydroxylation is 2. The first-order valence-corrected chi connectivity index (χ1v) is 11.2. The lowest BCUT2D eigenvalue weighted by Gasteiger charge is -2.28. The van der Waals surface area contributed by atoms with Crippen LogP contribution in [0.1, 0.15) is 5.56 Å². The molecule has 192 valence electrons. The molecule has 12 heteroatoms. The highest BCUT2D eigenvalue weighted by Crippen LogP contribution is 2.36. The van der Waals surface area contributed by atoms with Gasteiger partial charge in [-0.3, -0.25) is 24.2 Å². The van der Waals surface area contributed by atoms with Gasteiger partial charge in [0.05, 0.1) is 46.9 Å². The number of nitrogens with zero attached hydrogens (tertiary/aromatic N) is 6. The number of alkyl halides is 3. The number of pyridine rings is 2. The molecule has 9 nitrogen and oxygen atoms in total. The molecule has 2 amide bonds. The Balaban J connectivity index is 1.61. The molecule has 0 spiro atoms. The van der Waals surface area contributed by atoms with Gasteiger partial charge in [-0.1, -0.05) is 12.1 Å². The molecule has 4 rings (SSSR count). The third kappa shape index (κ3) is 5.52. The molecule has 1 N–H and O–H groups in total. The van der Waals surface area contributed by atoms with Crippen LogP contribution in [-0.2, 0) is 16.6 Å². The van der Waals surface area contributed by atoms with E-state index in [0.717, 1.165) is 26.9 Å². The number of para-hydroxylation sites is 1. The number of hydrogen-bond acceptors (Lipinski definition) is 6. The van der Waals surface area contributed by atoms with Crippen molar-refractivity contribution < 1.29 is 22.8 Å². The molecular weight excluding hydrogens is 487 g/mol. The van der Waals surface area contributed by atoms with Crippen molar-refractivity contribution in [2.75, 3.05) is 29.9 Å². The summed E-state index contributed by atoms with van der Waals surface area (Å²) in [6.07, 6.45) is 2.75. The van der Waals surface area contributed by atoms with E-state index in [4.69, 9.17) is 0 Å². The van der Waals surface area contributed by atoms with Gasteiger partial charge in [-0.15, -0.1) is 0 Å². The molecule has 0 fully saturated rings. The number of aromatic nitrogens is 4. The second-order valence-corrected chi connectivity index (χ2v) is 8.42. The second-order valence-electron chi connectivity index (χ2n) is 8.42. The van der Waals surface area contributed by atoms with E-state index in [1.807, 2.05) is 32.2 Å². The van der Waals surface area contributed by atoms with Crippen LogP contribution in [0.2, 0.25) is 0 Å². The molecule has 3 aromatic heterocycles. The Morgan fingerprint density at radius 2 is 1.92 bits per heavy atom. The normalized spacial score (nSPS) is 11.4. The number of rotatable bonds is 8. The van der Waals surface area contributed by atoms with Crippen molar-refractivity contribution in [3.8, 4) is 11.3 Å². The molecule has 0 atom stereocenters. The van der Waals surface area contributed by atoms with Gasteiger partial charge in [-0.05, 0) is 30.7 Å². The summed E-state index contributed by atoms with van der Waals surface area (Å²) in [4.78, 5) is 35.7. The molecule has 37 heavy (non-hydrogen) atoms. The summed E-state index contributed by atoms with van der Waals surface area (Å²) < 4.78 is 39.1. The van der Waals surface area contributed by atoms with Crippen LogP contribution in [0.5, 0.6) is 0 Å². The fourth-order valence-corrected chi connectivity index (χ4v) is 4.04. The largest absolute Gasteiger partial charge is 0.405 e. The van der Waals surface area contributed by atoms with Crippen molar-refractivity contribution in [1.82, 2.24) is 25.1 Å². The minimum atomic E-state index is -4.55. The van der Waals surface area contributed by atoms with E-state index >= 15 is 0 Å². The fourth-order valence-electron chi connectivity index (χ4n) is 4.04. The summed E-state index contributed by atoms with van der Waals surface area (Å²) in [5.74, 6) is -0.927. The second kappa shape index (κ2) is 10.2. The van der Waals surface area contributed by atoms with Crippen LogP contribution in [0.15, 0.2) is 55.1 Å². The van der Waals surface area contributed by atoms with E-state index in [-0.39, 0.29) is 0 Å². The number of anilines is 3. The van der Waals surface area contributed by atoms with Crippen molar-refractivity contribution >= 4 is 40.3 Å². The number of fused-ring (bicyclic) bond motifs is 1. The van der Waals surface area contributed by atoms with Crippen LogP contribution in [0.3, 0.4) is 0 Å². The van der Waals surface area contributed by atoms with E-state index in [1.54, 1.807) is 58.9 Å². The summed E-state index contributed by atoms with van der Waals surface area (Å²) in [6, 6.07) is 8.86. The Hall–Kier alpha value is -4.48. The first kappa shape index (κ1) is 25.6. The number of nitrogens with one attached hydrogen (secondary N) is 1. The summed E-state index contributed by atoms with van der Waals surface area (Å²) in [6.45, 7) is -0.207. The molecule has 0 aliphatic heterocycles. The van der Waals surface area contributed by atoms with E-state index < -0.39 is 25.2 Å². The van der Waals surface area contributed by atoms with Crippen LogP contribution >= 0.6 is 0 Å². The molecule has 0 aliphatic rings. The van der Waals surface area contributed by atoms with Crippen LogP contribution in [0, 0.1) is 6.92 Å². The van der Waals surface area contributed by atoms with Gasteiger partial charge < -0.3 is 15.1 Å². The average molecular weight is 512 g/mol. The topological polar surface area (TPSA) is 96.3 Å². The van der Waals surface area contributed by atoms with Gasteiger partial charge in [0.15, 0.2) is 0 Å². The summed E-state index contributed by atoms with van der Waals surface area (Å²) >= 11 is 0. The lowest BCUT2D eigenvalue weighted by atomic mass is 10.1. The highest BCUT2D eigenvalue weighted by Gasteiger charge is 2.28. The average Bonchev–Trinajstić information content (AvgIpc) is 3.26. The smallest absolute Gasteiger partial charge is 0.345 e. The number of benzene rings is 1. The van der Waals surface area contributed by atoms with Gasteiger partial charge in [0.25, 0.3) is 0 Å². The Labute approximate surface area is 210 Å². The molecule has 0 bridgehead atoms. The van der Waals surface area contributed by atoms with Crippen LogP contribution in [0.4, 0.5) is 30.2 Å². The molecule has 0 saturated heterocycles. The lowest BCUT2D eigenvalue weighted by molar-refractivity contribution is -0.137. The third-order valence-corrected chi connectivity index (χ3v) is 5.87. The minimum absolute atomic E-state index is 0.369. The first-order valence-electron chi connectivity index (χ1n) is 11.2. The van der Waals surface area contributed by atoms with Crippen LogP contribution in [-0.4, -0.2) is 58.4 Å². The van der Waals surface area contributed by atoms with E-state index in [0.29, 0.717) is 29.2 Å². The molecule has 0 saturated carbocycles. The Bertz CT molecular complexity index is 1430. The predicted molar refractivity (Wildman–Crippen MR) is 133 cm³/mol. The molecule has 0 aliphatic carbocycles. The maximum Gasteiger partial charge on any atom is 0.405 e. The maximum absolute atomic E-state index is 12.5. The fraction of sp³-hybridized carbons (Fsp3) is 0.240. The van der Waals surface area contributed by atoms with Crippen molar-refractivity contribution in [2.24, 2.45) is 7.05 Å². The number of hydrogen-bond donors (Lipinski definition) is 1. The molecule has 3 heterocycles. The minimum Gasteiger partial charge on any atom is -0.345 e. The van der Waals surface area contributed by atoms with Crippen molar-refractivity contribution in [3.63, 3.8) is 0 Å². The molecule has 4 aromatic rings. The summed E-state index contributed by atoms with van der Waals surface area (Å²) in [5.41, 5.74) is 4.85. The molecule has 1 aromatic carbocycles. The van der Waals surface area contributed by atoms with E-state index in [1.165, 1.54) is 0 Å². The first-order chi connectivity index (χ1) is 17.6.